The second-order valence-corrected chi connectivity index (χ2v) is 8.84. The van der Waals surface area contributed by atoms with Crippen molar-refractivity contribution in [1.82, 2.24) is 10.2 Å². The largest absolute Gasteiger partial charge is 0.522 e. The van der Waals surface area contributed by atoms with Crippen LogP contribution in [-0.2, 0) is 14.3 Å². The Morgan fingerprint density at radius 3 is 2.41 bits per heavy atom. The van der Waals surface area contributed by atoms with E-state index in [9.17, 15) is 31.1 Å². The van der Waals surface area contributed by atoms with Crippen LogP contribution in [0.3, 0.4) is 0 Å². The molecular formula is C21H25ClF6N2O4. The number of piperidine rings is 1. The second-order valence-electron chi connectivity index (χ2n) is 8.43. The molecule has 1 aliphatic carbocycles. The van der Waals surface area contributed by atoms with Crippen molar-refractivity contribution in [2.45, 2.75) is 56.2 Å². The van der Waals surface area contributed by atoms with E-state index in [-0.39, 0.29) is 36.3 Å². The highest BCUT2D eigenvalue weighted by Crippen LogP contribution is 2.33. The molecule has 0 aromatic heterocycles. The van der Waals surface area contributed by atoms with Gasteiger partial charge in [0.25, 0.3) is 11.8 Å². The average Bonchev–Trinajstić information content (AvgIpc) is 2.71. The maximum absolute atomic E-state index is 14.2. The van der Waals surface area contributed by atoms with Gasteiger partial charge >= 0.3 is 6.36 Å². The van der Waals surface area contributed by atoms with Crippen molar-refractivity contribution in [2.75, 3.05) is 32.8 Å². The highest BCUT2D eigenvalue weighted by molar-refractivity contribution is 6.30. The van der Waals surface area contributed by atoms with Gasteiger partial charge in [0.05, 0.1) is 23.8 Å². The van der Waals surface area contributed by atoms with Gasteiger partial charge in [0.2, 0.25) is 0 Å². The summed E-state index contributed by atoms with van der Waals surface area (Å²) in [6.07, 6.45) is -5.70. The Bertz CT molecular complexity index is 830. The van der Waals surface area contributed by atoms with Crippen molar-refractivity contribution in [3.05, 3.63) is 29.0 Å². The van der Waals surface area contributed by atoms with Gasteiger partial charge in [-0.3, -0.25) is 14.4 Å². The molecule has 0 atom stereocenters. The molecule has 1 aromatic carbocycles. The summed E-state index contributed by atoms with van der Waals surface area (Å²) in [4.78, 5) is 13.6. The first-order valence-corrected chi connectivity index (χ1v) is 11.1. The highest BCUT2D eigenvalue weighted by atomic mass is 35.5. The number of amides is 1. The number of nitrogens with zero attached hydrogens (tertiary/aromatic N) is 1. The molecule has 192 valence electrons. The summed E-state index contributed by atoms with van der Waals surface area (Å²) in [7, 11) is 0. The predicted octanol–water partition coefficient (Wildman–Crippen LogP) is 4.16. The predicted molar refractivity (Wildman–Crippen MR) is 109 cm³/mol. The van der Waals surface area contributed by atoms with Crippen LogP contribution in [0, 0.1) is 5.82 Å². The number of carbonyl (C=O) groups is 1. The minimum atomic E-state index is -4.74. The monoisotopic (exact) mass is 518 g/mol. The maximum Gasteiger partial charge on any atom is 0.522 e. The summed E-state index contributed by atoms with van der Waals surface area (Å²) in [5.74, 6) is -4.09. The molecule has 34 heavy (non-hydrogen) atoms. The summed E-state index contributed by atoms with van der Waals surface area (Å²) in [6.45, 7) is -1.10. The van der Waals surface area contributed by atoms with Crippen molar-refractivity contribution in [2.24, 2.45) is 0 Å². The van der Waals surface area contributed by atoms with Gasteiger partial charge in [-0.2, -0.15) is 0 Å². The Kier molecular flexibility index (Phi) is 8.93. The molecule has 1 saturated carbocycles. The third kappa shape index (κ3) is 8.79. The molecule has 1 heterocycles. The Morgan fingerprint density at radius 2 is 1.79 bits per heavy atom. The first-order valence-electron chi connectivity index (χ1n) is 10.7. The third-order valence-electron chi connectivity index (χ3n) is 5.55. The number of carbonyl (C=O) groups excluding carboxylic acids is 1. The van der Waals surface area contributed by atoms with Gasteiger partial charge in [0, 0.05) is 38.0 Å². The lowest BCUT2D eigenvalue weighted by Gasteiger charge is -2.37. The quantitative estimate of drug-likeness (QED) is 0.472. The number of nitrogens with one attached hydrogen (secondary N) is 1. The number of alkyl halides is 5. The van der Waals surface area contributed by atoms with Crippen molar-refractivity contribution in [3.8, 4) is 5.75 Å². The molecule has 1 saturated heterocycles. The zero-order valence-corrected chi connectivity index (χ0v) is 18.8. The fourth-order valence-corrected chi connectivity index (χ4v) is 3.89. The van der Waals surface area contributed by atoms with E-state index in [0.29, 0.717) is 25.9 Å². The molecule has 0 unspecified atom stereocenters. The number of likely N-dealkylation sites (tertiary alicyclic amines) is 1. The molecule has 0 spiro atoms. The smallest absolute Gasteiger partial charge is 0.484 e. The normalized spacial score (nSPS) is 22.3. The summed E-state index contributed by atoms with van der Waals surface area (Å²) in [6, 6.07) is 3.60. The van der Waals surface area contributed by atoms with E-state index in [1.807, 2.05) is 0 Å². The summed E-state index contributed by atoms with van der Waals surface area (Å²) >= 11 is 5.58. The SMILES string of the molecule is O=C(COc1ccc(Cl)c(F)c1)NC1CCN(CC(F)(F)CO[C@H]2C[C@@H](OC(F)(F)F)C2)CC1. The Labute approximate surface area is 197 Å². The number of hydrogen-bond acceptors (Lipinski definition) is 5. The van der Waals surface area contributed by atoms with Crippen LogP contribution in [-0.4, -0.2) is 74.2 Å². The molecular weight excluding hydrogens is 494 g/mol. The van der Waals surface area contributed by atoms with Crippen molar-refractivity contribution in [1.29, 1.82) is 0 Å². The standard InChI is InChI=1S/C21H25ClF6N2O4/c22-17-2-1-14(9-18(17)23)32-10-19(31)29-13-3-5-30(6-4-13)11-20(24,25)12-33-15-7-16(8-15)34-21(26,27)28/h1-2,9,13,15-16H,3-8,10-12H2,(H,29,31)/t15-,16+. The summed E-state index contributed by atoms with van der Waals surface area (Å²) < 4.78 is 92.2. The molecule has 13 heteroatoms. The Morgan fingerprint density at radius 1 is 1.12 bits per heavy atom. The van der Waals surface area contributed by atoms with E-state index < -0.39 is 49.4 Å². The van der Waals surface area contributed by atoms with E-state index in [1.54, 1.807) is 4.90 Å². The maximum atomic E-state index is 14.2. The van der Waals surface area contributed by atoms with Gasteiger partial charge in [-0.15, -0.1) is 13.2 Å². The van der Waals surface area contributed by atoms with Gasteiger partial charge in [-0.25, -0.2) is 13.2 Å². The highest BCUT2D eigenvalue weighted by Gasteiger charge is 2.42. The van der Waals surface area contributed by atoms with Crippen molar-refractivity contribution >= 4 is 17.5 Å². The van der Waals surface area contributed by atoms with Gasteiger partial charge < -0.3 is 14.8 Å². The fraction of sp³-hybridized carbons (Fsp3) is 0.667. The lowest BCUT2D eigenvalue weighted by atomic mass is 9.92. The Balaban J connectivity index is 1.29. The minimum Gasteiger partial charge on any atom is -0.484 e. The zero-order valence-electron chi connectivity index (χ0n) is 18.1. The van der Waals surface area contributed by atoms with E-state index in [0.717, 1.165) is 6.07 Å². The van der Waals surface area contributed by atoms with Gasteiger partial charge in [0.15, 0.2) is 6.61 Å². The van der Waals surface area contributed by atoms with Crippen LogP contribution >= 0.6 is 11.6 Å². The minimum absolute atomic E-state index is 0.0621. The molecule has 1 aromatic rings. The van der Waals surface area contributed by atoms with E-state index in [4.69, 9.17) is 21.1 Å². The first-order chi connectivity index (χ1) is 15.9. The number of ether oxygens (including phenoxy) is 3. The summed E-state index contributed by atoms with van der Waals surface area (Å²) in [5.41, 5.74) is 0. The average molecular weight is 519 g/mol. The number of rotatable bonds is 10. The van der Waals surface area contributed by atoms with E-state index in [1.165, 1.54) is 12.1 Å². The molecule has 0 bridgehead atoms. The molecule has 1 amide bonds. The summed E-state index contributed by atoms with van der Waals surface area (Å²) in [5, 5.41) is 2.70. The lowest BCUT2D eigenvalue weighted by Crippen LogP contribution is -2.50. The molecule has 1 N–H and O–H groups in total. The van der Waals surface area contributed by atoms with Crippen LogP contribution in [0.1, 0.15) is 25.7 Å². The van der Waals surface area contributed by atoms with Crippen LogP contribution in [0.25, 0.3) is 0 Å². The van der Waals surface area contributed by atoms with Crippen LogP contribution in [0.2, 0.25) is 5.02 Å². The number of halogens is 7. The molecule has 2 aliphatic rings. The molecule has 6 nitrogen and oxygen atoms in total. The molecule has 0 radical (unpaired) electrons. The van der Waals surface area contributed by atoms with Crippen molar-refractivity contribution in [3.63, 3.8) is 0 Å². The topological polar surface area (TPSA) is 60.0 Å². The molecule has 1 aliphatic heterocycles. The lowest BCUT2D eigenvalue weighted by molar-refractivity contribution is -0.358. The number of hydrogen-bond donors (Lipinski definition) is 1. The zero-order chi connectivity index (χ0) is 24.9. The molecule has 2 fully saturated rings. The first kappa shape index (κ1) is 26.8. The van der Waals surface area contributed by atoms with Crippen LogP contribution < -0.4 is 10.1 Å². The second kappa shape index (κ2) is 11.3. The van der Waals surface area contributed by atoms with Crippen LogP contribution in [0.5, 0.6) is 5.75 Å². The van der Waals surface area contributed by atoms with Crippen LogP contribution in [0.4, 0.5) is 26.3 Å². The number of benzene rings is 1. The van der Waals surface area contributed by atoms with Crippen molar-refractivity contribution < 1.29 is 45.3 Å². The Hall–Kier alpha value is -1.76. The van der Waals surface area contributed by atoms with Gasteiger partial charge in [-0.05, 0) is 25.0 Å². The van der Waals surface area contributed by atoms with E-state index >= 15 is 0 Å². The van der Waals surface area contributed by atoms with Crippen LogP contribution in [0.15, 0.2) is 18.2 Å². The van der Waals surface area contributed by atoms with E-state index in [2.05, 4.69) is 10.1 Å². The fourth-order valence-electron chi connectivity index (χ4n) is 3.77. The van der Waals surface area contributed by atoms with Gasteiger partial charge in [0.1, 0.15) is 18.2 Å². The molecule has 3 rings (SSSR count). The van der Waals surface area contributed by atoms with Gasteiger partial charge in [-0.1, -0.05) is 11.6 Å². The third-order valence-corrected chi connectivity index (χ3v) is 5.86.